The fourth-order valence-corrected chi connectivity index (χ4v) is 2.37. The van der Waals surface area contributed by atoms with Gasteiger partial charge >= 0.3 is 0 Å². The Morgan fingerprint density at radius 3 is 2.50 bits per heavy atom. The van der Waals surface area contributed by atoms with E-state index < -0.39 is 0 Å². The zero-order chi connectivity index (χ0) is 14.4. The van der Waals surface area contributed by atoms with Gasteiger partial charge in [-0.25, -0.2) is 0 Å². The molecule has 1 aromatic heterocycles. The van der Waals surface area contributed by atoms with E-state index in [0.717, 1.165) is 31.0 Å². The molecule has 108 valence electrons. The van der Waals surface area contributed by atoms with Crippen molar-refractivity contribution in [2.24, 2.45) is 0 Å². The number of hydrogen-bond donors (Lipinski definition) is 1. The quantitative estimate of drug-likeness (QED) is 0.829. The molecular weight excluding hydrogens is 250 g/mol. The molecule has 0 bridgehead atoms. The van der Waals surface area contributed by atoms with E-state index >= 15 is 0 Å². The van der Waals surface area contributed by atoms with Gasteiger partial charge < -0.3 is 14.5 Å². The Morgan fingerprint density at radius 1 is 1.15 bits per heavy atom. The lowest BCUT2D eigenvalue weighted by molar-refractivity contribution is 0.317. The van der Waals surface area contributed by atoms with E-state index in [1.165, 1.54) is 11.1 Å². The molecule has 0 saturated carbocycles. The van der Waals surface area contributed by atoms with E-state index in [2.05, 4.69) is 31.3 Å². The van der Waals surface area contributed by atoms with Crippen molar-refractivity contribution in [3.05, 3.63) is 53.5 Å². The highest BCUT2D eigenvalue weighted by Crippen LogP contribution is 2.27. The minimum atomic E-state index is 0.156. The van der Waals surface area contributed by atoms with Crippen molar-refractivity contribution in [1.29, 1.82) is 0 Å². The highest BCUT2D eigenvalue weighted by atomic mass is 16.5. The van der Waals surface area contributed by atoms with Gasteiger partial charge in [0.25, 0.3) is 0 Å². The summed E-state index contributed by atoms with van der Waals surface area (Å²) in [7, 11) is 1.97. The SMILES string of the molecule is CCCOc1ccc(C(NC)c2ccoc2CC)cc1. The van der Waals surface area contributed by atoms with Crippen LogP contribution >= 0.6 is 0 Å². The number of benzene rings is 1. The van der Waals surface area contributed by atoms with Crippen LogP contribution in [0.4, 0.5) is 0 Å². The lowest BCUT2D eigenvalue weighted by Gasteiger charge is -2.17. The van der Waals surface area contributed by atoms with Crippen molar-refractivity contribution >= 4 is 0 Å². The molecule has 0 spiro atoms. The van der Waals surface area contributed by atoms with Crippen molar-refractivity contribution in [3.8, 4) is 5.75 Å². The van der Waals surface area contributed by atoms with Crippen LogP contribution in [0.3, 0.4) is 0 Å². The summed E-state index contributed by atoms with van der Waals surface area (Å²) in [5.41, 5.74) is 2.42. The predicted molar refractivity (Wildman–Crippen MR) is 81.2 cm³/mol. The summed E-state index contributed by atoms with van der Waals surface area (Å²) in [4.78, 5) is 0. The van der Waals surface area contributed by atoms with E-state index in [0.29, 0.717) is 0 Å². The number of aryl methyl sites for hydroxylation is 1. The van der Waals surface area contributed by atoms with Gasteiger partial charge in [-0.15, -0.1) is 0 Å². The molecule has 0 fully saturated rings. The second-order valence-electron chi connectivity index (χ2n) is 4.79. The highest BCUT2D eigenvalue weighted by Gasteiger charge is 2.17. The Kier molecular flexibility index (Phi) is 5.24. The molecule has 0 radical (unpaired) electrons. The number of rotatable bonds is 7. The maximum absolute atomic E-state index is 5.62. The van der Waals surface area contributed by atoms with Gasteiger partial charge in [0.1, 0.15) is 11.5 Å². The Labute approximate surface area is 121 Å². The predicted octanol–water partition coefficient (Wildman–Crippen LogP) is 3.94. The fourth-order valence-electron chi connectivity index (χ4n) is 2.37. The molecule has 0 aliphatic carbocycles. The van der Waals surface area contributed by atoms with E-state index in [-0.39, 0.29) is 6.04 Å². The molecule has 1 N–H and O–H groups in total. The maximum atomic E-state index is 5.62. The fraction of sp³-hybridized carbons (Fsp3) is 0.412. The summed E-state index contributed by atoms with van der Waals surface area (Å²) in [6.07, 6.45) is 3.69. The molecule has 2 aromatic rings. The zero-order valence-electron chi connectivity index (χ0n) is 12.5. The first-order valence-electron chi connectivity index (χ1n) is 7.26. The van der Waals surface area contributed by atoms with Gasteiger partial charge in [-0.2, -0.15) is 0 Å². The Balaban J connectivity index is 2.19. The monoisotopic (exact) mass is 273 g/mol. The first kappa shape index (κ1) is 14.7. The van der Waals surface area contributed by atoms with Crippen molar-refractivity contribution in [1.82, 2.24) is 5.32 Å². The third-order valence-corrected chi connectivity index (χ3v) is 3.39. The zero-order valence-corrected chi connectivity index (χ0v) is 12.5. The van der Waals surface area contributed by atoms with Crippen molar-refractivity contribution < 1.29 is 9.15 Å². The molecule has 1 unspecified atom stereocenters. The van der Waals surface area contributed by atoms with Gasteiger partial charge in [-0.1, -0.05) is 26.0 Å². The average Bonchev–Trinajstić information content (AvgIpc) is 2.95. The molecule has 0 aliphatic rings. The number of ether oxygens (including phenoxy) is 1. The van der Waals surface area contributed by atoms with Crippen LogP contribution in [-0.2, 0) is 6.42 Å². The normalized spacial score (nSPS) is 12.3. The Morgan fingerprint density at radius 2 is 1.90 bits per heavy atom. The molecule has 1 atom stereocenters. The summed E-state index contributed by atoms with van der Waals surface area (Å²) in [6.45, 7) is 4.98. The number of nitrogens with one attached hydrogen (secondary N) is 1. The van der Waals surface area contributed by atoms with Crippen molar-refractivity contribution in [2.45, 2.75) is 32.7 Å². The van der Waals surface area contributed by atoms with Crippen LogP contribution in [0.25, 0.3) is 0 Å². The Bertz CT molecular complexity index is 516. The van der Waals surface area contributed by atoms with Crippen LogP contribution in [0, 0.1) is 0 Å². The molecule has 3 nitrogen and oxygen atoms in total. The van der Waals surface area contributed by atoms with Gasteiger partial charge in [0.2, 0.25) is 0 Å². The minimum Gasteiger partial charge on any atom is -0.494 e. The second-order valence-corrected chi connectivity index (χ2v) is 4.79. The first-order valence-corrected chi connectivity index (χ1v) is 7.26. The second kappa shape index (κ2) is 7.15. The van der Waals surface area contributed by atoms with Crippen LogP contribution in [0.1, 0.15) is 43.2 Å². The molecule has 1 aromatic carbocycles. The molecule has 20 heavy (non-hydrogen) atoms. The van der Waals surface area contributed by atoms with Crippen LogP contribution in [0.15, 0.2) is 41.0 Å². The van der Waals surface area contributed by atoms with Crippen LogP contribution < -0.4 is 10.1 Å². The minimum absolute atomic E-state index is 0.156. The average molecular weight is 273 g/mol. The van der Waals surface area contributed by atoms with Gasteiger partial charge in [0.15, 0.2) is 0 Å². The van der Waals surface area contributed by atoms with Gasteiger partial charge in [0.05, 0.1) is 18.9 Å². The van der Waals surface area contributed by atoms with Crippen LogP contribution in [-0.4, -0.2) is 13.7 Å². The van der Waals surface area contributed by atoms with E-state index in [1.54, 1.807) is 6.26 Å². The van der Waals surface area contributed by atoms with Gasteiger partial charge in [-0.3, -0.25) is 0 Å². The number of hydrogen-bond acceptors (Lipinski definition) is 3. The third kappa shape index (κ3) is 3.23. The lowest BCUT2D eigenvalue weighted by Crippen LogP contribution is -2.18. The van der Waals surface area contributed by atoms with Crippen molar-refractivity contribution in [3.63, 3.8) is 0 Å². The summed E-state index contributed by atoms with van der Waals surface area (Å²) >= 11 is 0. The molecule has 0 aliphatic heterocycles. The first-order chi connectivity index (χ1) is 9.80. The molecule has 3 heteroatoms. The largest absolute Gasteiger partial charge is 0.494 e. The summed E-state index contributed by atoms with van der Waals surface area (Å²) in [5, 5.41) is 3.36. The lowest BCUT2D eigenvalue weighted by atomic mass is 9.98. The number of furan rings is 1. The van der Waals surface area contributed by atoms with E-state index in [4.69, 9.17) is 9.15 Å². The van der Waals surface area contributed by atoms with Gasteiger partial charge in [0, 0.05) is 12.0 Å². The summed E-state index contributed by atoms with van der Waals surface area (Å²) in [6, 6.07) is 10.5. The van der Waals surface area contributed by atoms with E-state index in [9.17, 15) is 0 Å². The maximum Gasteiger partial charge on any atom is 0.119 e. The molecular formula is C17H23NO2. The van der Waals surface area contributed by atoms with Gasteiger partial charge in [-0.05, 0) is 37.2 Å². The molecule has 2 rings (SSSR count). The smallest absolute Gasteiger partial charge is 0.119 e. The topological polar surface area (TPSA) is 34.4 Å². The standard InChI is InChI=1S/C17H23NO2/c1-4-11-19-14-8-6-13(7-9-14)17(18-3)15-10-12-20-16(15)5-2/h6-10,12,17-18H,4-5,11H2,1-3H3. The third-order valence-electron chi connectivity index (χ3n) is 3.39. The molecule has 0 amide bonds. The van der Waals surface area contributed by atoms with E-state index in [1.807, 2.05) is 25.2 Å². The molecule has 0 saturated heterocycles. The Hall–Kier alpha value is -1.74. The highest BCUT2D eigenvalue weighted by molar-refractivity contribution is 5.36. The summed E-state index contributed by atoms with van der Waals surface area (Å²) < 4.78 is 11.2. The van der Waals surface area contributed by atoms with Crippen molar-refractivity contribution in [2.75, 3.05) is 13.7 Å². The summed E-state index contributed by atoms with van der Waals surface area (Å²) in [5.74, 6) is 1.96. The van der Waals surface area contributed by atoms with Crippen LogP contribution in [0.2, 0.25) is 0 Å². The van der Waals surface area contributed by atoms with Crippen LogP contribution in [0.5, 0.6) is 5.75 Å². The molecule has 1 heterocycles.